The first-order valence-corrected chi connectivity index (χ1v) is 12.4. The van der Waals surface area contributed by atoms with E-state index in [9.17, 15) is 13.2 Å². The lowest BCUT2D eigenvalue weighted by molar-refractivity contribution is -0.137. The largest absolute Gasteiger partial charge is 0.386 e. The second-order valence-electron chi connectivity index (χ2n) is 7.47. The van der Waals surface area contributed by atoms with Crippen LogP contribution in [0.5, 0.6) is 0 Å². The quantitative estimate of drug-likeness (QED) is 0.374. The molecule has 0 unspecified atom stereocenters. The fourth-order valence-corrected chi connectivity index (χ4v) is 5.45. The molecule has 33 heavy (non-hydrogen) atoms. The molecule has 1 amide bonds. The van der Waals surface area contributed by atoms with Gasteiger partial charge in [0, 0.05) is 36.8 Å². The third kappa shape index (κ3) is 5.47. The topological polar surface area (TPSA) is 79.3 Å². The van der Waals surface area contributed by atoms with Gasteiger partial charge in [0.25, 0.3) is 5.91 Å². The van der Waals surface area contributed by atoms with E-state index < -0.39 is 10.0 Å². The second-order valence-corrected chi connectivity index (χ2v) is 10.2. The molecule has 0 radical (unpaired) electrons. The van der Waals surface area contributed by atoms with Gasteiger partial charge < -0.3 is 9.74 Å². The van der Waals surface area contributed by atoms with Crippen molar-refractivity contribution in [2.45, 2.75) is 4.90 Å². The molecule has 0 spiro atoms. The summed E-state index contributed by atoms with van der Waals surface area (Å²) in [6.07, 6.45) is 1.40. The molecule has 1 saturated heterocycles. The maximum absolute atomic E-state index is 13.1. The molecule has 0 N–H and O–H groups in total. The van der Waals surface area contributed by atoms with E-state index in [0.717, 1.165) is 10.8 Å². The predicted molar refractivity (Wildman–Crippen MR) is 129 cm³/mol. The molecule has 1 aliphatic rings. The summed E-state index contributed by atoms with van der Waals surface area (Å²) in [7, 11) is -3.64. The summed E-state index contributed by atoms with van der Waals surface area (Å²) in [5.41, 5.74) is 0.612. The number of halogens is 2. The molecule has 1 heterocycles. The molecule has 0 bridgehead atoms. The molecule has 0 saturated carbocycles. The number of nitrogens with zero attached hydrogens (tertiary/aromatic N) is 3. The number of carbonyl (C=O) groups is 1. The van der Waals surface area contributed by atoms with Crippen LogP contribution in [0.1, 0.15) is 5.56 Å². The number of hydrogen-bond donors (Lipinski definition) is 0. The number of benzene rings is 3. The van der Waals surface area contributed by atoms with Gasteiger partial charge in [-0.25, -0.2) is 8.42 Å². The Bertz CT molecular complexity index is 1310. The summed E-state index contributed by atoms with van der Waals surface area (Å²) < 4.78 is 27.5. The highest BCUT2D eigenvalue weighted by Gasteiger charge is 2.30. The fraction of sp³-hybridized carbons (Fsp3) is 0.217. The van der Waals surface area contributed by atoms with Crippen LogP contribution in [0.15, 0.2) is 70.7 Å². The minimum absolute atomic E-state index is 0.213. The van der Waals surface area contributed by atoms with Crippen molar-refractivity contribution in [1.29, 1.82) is 0 Å². The maximum Gasteiger partial charge on any atom is 0.263 e. The normalized spacial score (nSPS) is 15.3. The first-order chi connectivity index (χ1) is 15.8. The van der Waals surface area contributed by atoms with Gasteiger partial charge in [-0.15, -0.1) is 0 Å². The van der Waals surface area contributed by atoms with E-state index >= 15 is 0 Å². The maximum atomic E-state index is 13.1. The summed E-state index contributed by atoms with van der Waals surface area (Å²) in [4.78, 5) is 19.3. The Hall–Kier alpha value is -2.65. The second kappa shape index (κ2) is 10.1. The van der Waals surface area contributed by atoms with Gasteiger partial charge in [-0.1, -0.05) is 64.8 Å². The number of amides is 1. The highest BCUT2D eigenvalue weighted by Crippen LogP contribution is 2.23. The molecule has 4 rings (SSSR count). The van der Waals surface area contributed by atoms with E-state index in [-0.39, 0.29) is 43.6 Å². The monoisotopic (exact) mass is 505 g/mol. The Kier molecular flexibility index (Phi) is 7.19. The van der Waals surface area contributed by atoms with Gasteiger partial charge >= 0.3 is 0 Å². The Morgan fingerprint density at radius 1 is 0.970 bits per heavy atom. The third-order valence-electron chi connectivity index (χ3n) is 5.37. The van der Waals surface area contributed by atoms with Gasteiger partial charge in [0.1, 0.15) is 0 Å². The van der Waals surface area contributed by atoms with Crippen LogP contribution < -0.4 is 0 Å². The molecule has 3 aromatic carbocycles. The Labute approximate surface area is 202 Å². The number of sulfonamides is 1. The minimum Gasteiger partial charge on any atom is -0.386 e. The lowest BCUT2D eigenvalue weighted by Crippen LogP contribution is -2.51. The van der Waals surface area contributed by atoms with E-state index in [1.54, 1.807) is 41.3 Å². The fourth-order valence-electron chi connectivity index (χ4n) is 3.54. The average Bonchev–Trinajstić information content (AvgIpc) is 2.82. The summed E-state index contributed by atoms with van der Waals surface area (Å²) in [5, 5.41) is 6.56. The van der Waals surface area contributed by atoms with Gasteiger partial charge in [-0.2, -0.15) is 4.31 Å². The smallest absolute Gasteiger partial charge is 0.263 e. The van der Waals surface area contributed by atoms with Crippen LogP contribution in [0.25, 0.3) is 10.8 Å². The summed E-state index contributed by atoms with van der Waals surface area (Å²) >= 11 is 11.9. The number of oxime groups is 1. The van der Waals surface area contributed by atoms with Crippen molar-refractivity contribution in [2.75, 3.05) is 32.8 Å². The van der Waals surface area contributed by atoms with Crippen LogP contribution in [-0.4, -0.2) is 62.5 Å². The van der Waals surface area contributed by atoms with Gasteiger partial charge in [0.2, 0.25) is 10.0 Å². The van der Waals surface area contributed by atoms with Crippen molar-refractivity contribution in [1.82, 2.24) is 9.21 Å². The van der Waals surface area contributed by atoms with Crippen molar-refractivity contribution in [2.24, 2.45) is 5.16 Å². The third-order valence-corrected chi connectivity index (χ3v) is 7.82. The van der Waals surface area contributed by atoms with Gasteiger partial charge in [-0.3, -0.25) is 4.79 Å². The highest BCUT2D eigenvalue weighted by atomic mass is 35.5. The van der Waals surface area contributed by atoms with Crippen molar-refractivity contribution in [3.8, 4) is 0 Å². The SMILES string of the molecule is O=C(CO/N=C\c1ccc(Cl)cc1Cl)N1CCN(S(=O)(=O)c2ccc3ccccc3c2)CC1. The van der Waals surface area contributed by atoms with Crippen LogP contribution in [0.4, 0.5) is 0 Å². The van der Waals surface area contributed by atoms with E-state index in [1.807, 2.05) is 24.3 Å². The summed E-state index contributed by atoms with van der Waals surface area (Å²) in [6, 6.07) is 17.7. The first-order valence-electron chi connectivity index (χ1n) is 10.2. The van der Waals surface area contributed by atoms with E-state index in [2.05, 4.69) is 5.16 Å². The lowest BCUT2D eigenvalue weighted by atomic mass is 10.1. The van der Waals surface area contributed by atoms with Gasteiger partial charge in [-0.05, 0) is 35.0 Å². The Morgan fingerprint density at radius 2 is 1.70 bits per heavy atom. The van der Waals surface area contributed by atoms with Crippen LogP contribution in [-0.2, 0) is 19.7 Å². The van der Waals surface area contributed by atoms with Crippen molar-refractivity contribution < 1.29 is 18.0 Å². The zero-order chi connectivity index (χ0) is 23.4. The predicted octanol–water partition coefficient (Wildman–Crippen LogP) is 4.03. The zero-order valence-corrected chi connectivity index (χ0v) is 19.9. The molecule has 0 atom stereocenters. The number of hydrogen-bond acceptors (Lipinski definition) is 5. The van der Waals surface area contributed by atoms with Crippen LogP contribution in [0.3, 0.4) is 0 Å². The summed E-state index contributed by atoms with van der Waals surface area (Å²) in [6.45, 7) is 0.734. The van der Waals surface area contributed by atoms with Crippen molar-refractivity contribution in [3.63, 3.8) is 0 Å². The van der Waals surface area contributed by atoms with Crippen molar-refractivity contribution in [3.05, 3.63) is 76.3 Å². The Morgan fingerprint density at radius 3 is 2.42 bits per heavy atom. The molecule has 10 heteroatoms. The standard InChI is InChI=1S/C23H21Cl2N3O4S/c24-20-7-5-19(22(25)14-20)15-26-32-16-23(29)27-9-11-28(12-10-27)33(30,31)21-8-6-17-3-1-2-4-18(17)13-21/h1-8,13-15H,9-12,16H2/b26-15-. The molecule has 172 valence electrons. The zero-order valence-electron chi connectivity index (χ0n) is 17.5. The van der Waals surface area contributed by atoms with Gasteiger partial charge in [0.15, 0.2) is 6.61 Å². The lowest BCUT2D eigenvalue weighted by Gasteiger charge is -2.33. The molecule has 3 aromatic rings. The summed E-state index contributed by atoms with van der Waals surface area (Å²) in [5.74, 6) is -0.267. The van der Waals surface area contributed by atoms with E-state index in [1.165, 1.54) is 10.5 Å². The first kappa shape index (κ1) is 23.5. The number of carbonyl (C=O) groups excluding carboxylic acids is 1. The molecule has 1 fully saturated rings. The number of piperazine rings is 1. The molecule has 0 aromatic heterocycles. The van der Waals surface area contributed by atoms with Gasteiger partial charge in [0.05, 0.1) is 16.1 Å². The highest BCUT2D eigenvalue weighted by molar-refractivity contribution is 7.89. The van der Waals surface area contributed by atoms with Crippen LogP contribution in [0, 0.1) is 0 Å². The average molecular weight is 506 g/mol. The minimum atomic E-state index is -3.64. The molecule has 0 aliphatic carbocycles. The van der Waals surface area contributed by atoms with E-state index in [4.69, 9.17) is 28.0 Å². The Balaban J connectivity index is 1.31. The molecular formula is C23H21Cl2N3O4S. The van der Waals surface area contributed by atoms with E-state index in [0.29, 0.717) is 15.6 Å². The molecular weight excluding hydrogens is 485 g/mol. The van der Waals surface area contributed by atoms with Crippen LogP contribution in [0.2, 0.25) is 10.0 Å². The van der Waals surface area contributed by atoms with Crippen LogP contribution >= 0.6 is 23.2 Å². The molecule has 7 nitrogen and oxygen atoms in total. The molecule has 1 aliphatic heterocycles. The van der Waals surface area contributed by atoms with Crippen molar-refractivity contribution >= 4 is 56.1 Å². The number of fused-ring (bicyclic) bond motifs is 1. The number of rotatable bonds is 6.